The van der Waals surface area contributed by atoms with Crippen LogP contribution in [0.4, 0.5) is 0 Å². The molecule has 152 valence electrons. The lowest BCUT2D eigenvalue weighted by atomic mass is 9.90. The fourth-order valence-electron chi connectivity index (χ4n) is 3.96. The molecule has 4 heteroatoms. The normalized spacial score (nSPS) is 10.6. The molecule has 2 nitrogen and oxygen atoms in total. The summed E-state index contributed by atoms with van der Waals surface area (Å²) in [6.45, 7) is 4.11. The van der Waals surface area contributed by atoms with E-state index < -0.39 is 0 Å². The molecule has 31 heavy (non-hydrogen) atoms. The molecule has 0 bridgehead atoms. The van der Waals surface area contributed by atoms with Crippen LogP contribution in [-0.4, -0.2) is 10.5 Å². The molecule has 4 aromatic carbocycles. The van der Waals surface area contributed by atoms with Gasteiger partial charge in [-0.3, -0.25) is 0 Å². The molecule has 0 saturated heterocycles. The minimum absolute atomic E-state index is 0.535. The van der Waals surface area contributed by atoms with Crippen molar-refractivity contribution in [1.29, 1.82) is 0 Å². The lowest BCUT2D eigenvalue weighted by molar-refractivity contribution is -0.00297. The first-order chi connectivity index (χ1) is 15.0. The third-order valence-corrected chi connectivity index (χ3v) is 6.61. The Morgan fingerprint density at radius 1 is 0.613 bits per heavy atom. The van der Waals surface area contributed by atoms with Crippen LogP contribution in [0.25, 0.3) is 27.8 Å². The lowest BCUT2D eigenvalue weighted by Gasteiger charge is -2.13. The first kappa shape index (κ1) is 21.5. The Labute approximate surface area is 199 Å². The zero-order valence-electron chi connectivity index (χ0n) is 17.2. The van der Waals surface area contributed by atoms with Crippen molar-refractivity contribution < 1.29 is 4.79 Å². The van der Waals surface area contributed by atoms with Gasteiger partial charge in [0.05, 0.1) is 11.1 Å². The second kappa shape index (κ2) is 9.15. The van der Waals surface area contributed by atoms with Crippen molar-refractivity contribution in [3.8, 4) is 22.3 Å². The Bertz CT molecular complexity index is 1160. The van der Waals surface area contributed by atoms with Gasteiger partial charge in [-0.2, -0.15) is 4.79 Å². The molecule has 0 aliphatic carbocycles. The van der Waals surface area contributed by atoms with Crippen molar-refractivity contribution in [3.63, 3.8) is 0 Å². The van der Waals surface area contributed by atoms with Gasteiger partial charge < -0.3 is 5.53 Å². The van der Waals surface area contributed by atoms with Gasteiger partial charge >= 0.3 is 5.71 Å². The van der Waals surface area contributed by atoms with Gasteiger partial charge in [0.15, 0.2) is 0 Å². The quantitative estimate of drug-likeness (QED) is 0.144. The van der Waals surface area contributed by atoms with E-state index in [9.17, 15) is 5.53 Å². The van der Waals surface area contributed by atoms with Crippen LogP contribution in [0.2, 0.25) is 0 Å². The van der Waals surface area contributed by atoms with Crippen LogP contribution in [0.1, 0.15) is 22.3 Å². The van der Waals surface area contributed by atoms with Gasteiger partial charge in [0, 0.05) is 8.95 Å². The molecule has 0 unspecified atom stereocenters. The number of halogens is 2. The predicted octanol–water partition coefficient (Wildman–Crippen LogP) is 8.23. The summed E-state index contributed by atoms with van der Waals surface area (Å²) in [5.41, 5.74) is 18.9. The van der Waals surface area contributed by atoms with Gasteiger partial charge in [0.1, 0.15) is 0 Å². The van der Waals surface area contributed by atoms with Gasteiger partial charge in [-0.1, -0.05) is 72.8 Å². The maximum Gasteiger partial charge on any atom is 0.332 e. The summed E-state index contributed by atoms with van der Waals surface area (Å²) < 4.78 is 1.72. The van der Waals surface area contributed by atoms with Crippen LogP contribution in [0.5, 0.6) is 0 Å². The van der Waals surface area contributed by atoms with Crippen LogP contribution >= 0.6 is 31.9 Å². The van der Waals surface area contributed by atoms with Crippen molar-refractivity contribution in [2.75, 3.05) is 0 Å². The van der Waals surface area contributed by atoms with E-state index in [0.29, 0.717) is 5.71 Å². The average Bonchev–Trinajstić information content (AvgIpc) is 2.78. The summed E-state index contributed by atoms with van der Waals surface area (Å²) in [6.07, 6.45) is 0. The van der Waals surface area contributed by atoms with E-state index in [2.05, 4.69) is 99.0 Å². The second-order valence-corrected chi connectivity index (χ2v) is 9.19. The third-order valence-electron chi connectivity index (χ3n) is 5.36. The van der Waals surface area contributed by atoms with Crippen molar-refractivity contribution >= 4 is 37.6 Å². The highest BCUT2D eigenvalue weighted by molar-refractivity contribution is 9.11. The summed E-state index contributed by atoms with van der Waals surface area (Å²) in [5.74, 6) is 0. The molecule has 0 heterocycles. The fourth-order valence-corrected chi connectivity index (χ4v) is 5.52. The molecule has 0 amide bonds. The number of rotatable bonds is 4. The molecule has 0 radical (unpaired) electrons. The number of aryl methyl sites for hydroxylation is 2. The molecule has 0 saturated carbocycles. The highest BCUT2D eigenvalue weighted by atomic mass is 79.9. The van der Waals surface area contributed by atoms with Gasteiger partial charge in [-0.15, -0.1) is 0 Å². The maximum atomic E-state index is 10.0. The molecular formula is C27H20Br2N2. The average molecular weight is 532 g/mol. The molecule has 0 aliphatic heterocycles. The minimum Gasteiger partial charge on any atom is -0.361 e. The first-order valence-corrected chi connectivity index (χ1v) is 11.5. The van der Waals surface area contributed by atoms with Crippen molar-refractivity contribution in [2.24, 2.45) is 0 Å². The molecule has 4 aromatic rings. The molecule has 4 rings (SSSR count). The highest BCUT2D eigenvalue weighted by Gasteiger charge is 2.26. The first-order valence-electron chi connectivity index (χ1n) is 9.93. The monoisotopic (exact) mass is 530 g/mol. The zero-order valence-corrected chi connectivity index (χ0v) is 20.4. The number of nitrogens with zero attached hydrogens (tertiary/aromatic N) is 2. The van der Waals surface area contributed by atoms with E-state index in [1.807, 2.05) is 36.4 Å². The summed E-state index contributed by atoms with van der Waals surface area (Å²) >= 11 is 7.42. The molecule has 0 atom stereocenters. The Morgan fingerprint density at radius 3 is 1.45 bits per heavy atom. The van der Waals surface area contributed by atoms with E-state index >= 15 is 0 Å². The molecule has 0 spiro atoms. The molecule has 0 aromatic heterocycles. The maximum absolute atomic E-state index is 10.0. The van der Waals surface area contributed by atoms with Gasteiger partial charge in [-0.25, -0.2) is 0 Å². The van der Waals surface area contributed by atoms with Gasteiger partial charge in [0.2, 0.25) is 0 Å². The largest absolute Gasteiger partial charge is 0.361 e. The van der Waals surface area contributed by atoms with Crippen LogP contribution in [-0.2, 0) is 0 Å². The summed E-state index contributed by atoms with van der Waals surface area (Å²) in [6, 6.07) is 28.9. The van der Waals surface area contributed by atoms with E-state index in [-0.39, 0.29) is 0 Å². The summed E-state index contributed by atoms with van der Waals surface area (Å²) in [5, 5.41) is 0. The van der Waals surface area contributed by atoms with E-state index in [1.54, 1.807) is 0 Å². The highest BCUT2D eigenvalue weighted by Crippen LogP contribution is 2.35. The minimum atomic E-state index is 0.535. The summed E-state index contributed by atoms with van der Waals surface area (Å²) in [4.78, 5) is 3.73. The standard InChI is InChI=1S/C27H20Br2N2/c1-17-13-21(19-9-5-3-6-10-19)14-18(2)25(17)27(31-30)26-23(28)15-22(16-24(26)29)20-11-7-4-8-12-20/h3-16H,1-2H3. The Kier molecular flexibility index (Phi) is 6.33. The SMILES string of the molecule is Cc1cc(-c2ccccc2)cc(C)c1C(=[N+]=[N-])c1c(Br)cc(-c2ccccc2)cc1Br. The molecule has 0 N–H and O–H groups in total. The lowest BCUT2D eigenvalue weighted by Crippen LogP contribution is -2.11. The second-order valence-electron chi connectivity index (χ2n) is 7.48. The molecular weight excluding hydrogens is 512 g/mol. The Balaban J connectivity index is 1.83. The topological polar surface area (TPSA) is 36.4 Å². The zero-order chi connectivity index (χ0) is 22.0. The van der Waals surface area contributed by atoms with Gasteiger partial charge in [0.25, 0.3) is 0 Å². The van der Waals surface area contributed by atoms with E-state index in [4.69, 9.17) is 0 Å². The fraction of sp³-hybridized carbons (Fsp3) is 0.0741. The smallest absolute Gasteiger partial charge is 0.332 e. The number of benzene rings is 4. The molecule has 0 fully saturated rings. The van der Waals surface area contributed by atoms with Crippen LogP contribution in [0, 0.1) is 13.8 Å². The number of hydrogen-bond donors (Lipinski definition) is 0. The van der Waals surface area contributed by atoms with Crippen molar-refractivity contribution in [2.45, 2.75) is 13.8 Å². The summed E-state index contributed by atoms with van der Waals surface area (Å²) in [7, 11) is 0. The van der Waals surface area contributed by atoms with Crippen molar-refractivity contribution in [3.05, 3.63) is 122 Å². The molecule has 0 aliphatic rings. The van der Waals surface area contributed by atoms with Crippen LogP contribution in [0.3, 0.4) is 0 Å². The van der Waals surface area contributed by atoms with Crippen LogP contribution < -0.4 is 0 Å². The van der Waals surface area contributed by atoms with E-state index in [0.717, 1.165) is 53.5 Å². The van der Waals surface area contributed by atoms with Gasteiger partial charge in [-0.05, 0) is 91.2 Å². The Morgan fingerprint density at radius 2 is 1.03 bits per heavy atom. The number of hydrogen-bond acceptors (Lipinski definition) is 0. The van der Waals surface area contributed by atoms with E-state index in [1.165, 1.54) is 0 Å². The van der Waals surface area contributed by atoms with Crippen molar-refractivity contribution in [1.82, 2.24) is 0 Å². The third kappa shape index (κ3) is 4.33. The Hall–Kier alpha value is -2.78. The van der Waals surface area contributed by atoms with Crippen LogP contribution in [0.15, 0.2) is 93.9 Å². The predicted molar refractivity (Wildman–Crippen MR) is 135 cm³/mol.